The van der Waals surface area contributed by atoms with E-state index in [9.17, 15) is 18.0 Å². The molecule has 0 aliphatic heterocycles. The SMILES string of the molecule is CC(=O)NCC(CC(=O)OC(C)C)c1ccc(OS(=O)(=O)c2ccccc2)cc1. The normalized spacial score (nSPS) is 12.3. The predicted octanol–water partition coefficient (Wildman–Crippen LogP) is 3.02. The van der Waals surface area contributed by atoms with Gasteiger partial charge in [-0.05, 0) is 43.7 Å². The lowest BCUT2D eigenvalue weighted by atomic mass is 9.95. The largest absolute Gasteiger partial charge is 0.463 e. The highest BCUT2D eigenvalue weighted by molar-refractivity contribution is 7.87. The number of hydrogen-bond acceptors (Lipinski definition) is 6. The first-order chi connectivity index (χ1) is 13.7. The molecule has 2 aromatic carbocycles. The maximum absolute atomic E-state index is 12.3. The summed E-state index contributed by atoms with van der Waals surface area (Å²) in [6.07, 6.45) is -0.149. The number of esters is 1. The van der Waals surface area contributed by atoms with Crippen molar-refractivity contribution in [1.29, 1.82) is 0 Å². The van der Waals surface area contributed by atoms with E-state index in [1.165, 1.54) is 31.2 Å². The molecule has 2 rings (SSSR count). The van der Waals surface area contributed by atoms with E-state index in [4.69, 9.17) is 8.92 Å². The average Bonchev–Trinajstić information content (AvgIpc) is 2.65. The second-order valence-corrected chi connectivity index (χ2v) is 8.34. The van der Waals surface area contributed by atoms with Gasteiger partial charge in [0.25, 0.3) is 0 Å². The van der Waals surface area contributed by atoms with Gasteiger partial charge in [-0.1, -0.05) is 30.3 Å². The highest BCUT2D eigenvalue weighted by atomic mass is 32.2. The van der Waals surface area contributed by atoms with Gasteiger partial charge >= 0.3 is 16.1 Å². The van der Waals surface area contributed by atoms with E-state index >= 15 is 0 Å². The molecule has 0 saturated heterocycles. The molecule has 1 atom stereocenters. The monoisotopic (exact) mass is 419 g/mol. The Labute approximate surface area is 171 Å². The summed E-state index contributed by atoms with van der Waals surface area (Å²) in [4.78, 5) is 23.4. The molecule has 0 saturated carbocycles. The van der Waals surface area contributed by atoms with Crippen LogP contribution in [0.2, 0.25) is 0 Å². The number of benzene rings is 2. The van der Waals surface area contributed by atoms with Gasteiger partial charge in [-0.3, -0.25) is 9.59 Å². The predicted molar refractivity (Wildman–Crippen MR) is 108 cm³/mol. The van der Waals surface area contributed by atoms with Crippen LogP contribution in [-0.2, 0) is 24.4 Å². The van der Waals surface area contributed by atoms with Crippen LogP contribution in [0.15, 0.2) is 59.5 Å². The van der Waals surface area contributed by atoms with Crippen LogP contribution in [0.25, 0.3) is 0 Å². The van der Waals surface area contributed by atoms with Gasteiger partial charge in [0.15, 0.2) is 0 Å². The van der Waals surface area contributed by atoms with E-state index in [1.807, 2.05) is 0 Å². The second kappa shape index (κ2) is 10.1. The van der Waals surface area contributed by atoms with Crippen molar-refractivity contribution < 1.29 is 26.9 Å². The number of carbonyl (C=O) groups excluding carboxylic acids is 2. The summed E-state index contributed by atoms with van der Waals surface area (Å²) in [5.41, 5.74) is 0.754. The van der Waals surface area contributed by atoms with Crippen LogP contribution in [0.3, 0.4) is 0 Å². The number of hydrogen-bond donors (Lipinski definition) is 1. The molecule has 0 spiro atoms. The third-order valence-corrected chi connectivity index (χ3v) is 5.23. The topological polar surface area (TPSA) is 98.8 Å². The highest BCUT2D eigenvalue weighted by Gasteiger charge is 2.20. The van der Waals surface area contributed by atoms with Crippen molar-refractivity contribution in [2.45, 2.75) is 44.1 Å². The summed E-state index contributed by atoms with van der Waals surface area (Å²) in [5, 5.41) is 2.70. The summed E-state index contributed by atoms with van der Waals surface area (Å²) < 4.78 is 35.0. The molecule has 1 amide bonds. The van der Waals surface area contributed by atoms with Crippen LogP contribution in [-0.4, -0.2) is 32.9 Å². The Morgan fingerprint density at radius 1 is 1.00 bits per heavy atom. The molecule has 0 aliphatic carbocycles. The molecule has 0 radical (unpaired) electrons. The highest BCUT2D eigenvalue weighted by Crippen LogP contribution is 2.25. The number of rotatable bonds is 9. The molecule has 0 heterocycles. The summed E-state index contributed by atoms with van der Waals surface area (Å²) >= 11 is 0. The number of carbonyl (C=O) groups is 2. The van der Waals surface area contributed by atoms with Crippen molar-refractivity contribution in [3.05, 3.63) is 60.2 Å². The van der Waals surface area contributed by atoms with Gasteiger partial charge in [-0.2, -0.15) is 8.42 Å². The summed E-state index contributed by atoms with van der Waals surface area (Å²) in [5.74, 6) is -0.742. The van der Waals surface area contributed by atoms with E-state index < -0.39 is 10.1 Å². The molecule has 7 nitrogen and oxygen atoms in total. The maximum atomic E-state index is 12.3. The molecular weight excluding hydrogens is 394 g/mol. The Hall–Kier alpha value is -2.87. The van der Waals surface area contributed by atoms with Gasteiger partial charge in [0, 0.05) is 19.4 Å². The van der Waals surface area contributed by atoms with Crippen molar-refractivity contribution >= 4 is 22.0 Å². The van der Waals surface area contributed by atoms with Crippen molar-refractivity contribution in [2.75, 3.05) is 6.54 Å². The van der Waals surface area contributed by atoms with Gasteiger partial charge in [0.2, 0.25) is 5.91 Å². The Morgan fingerprint density at radius 3 is 2.17 bits per heavy atom. The van der Waals surface area contributed by atoms with Gasteiger partial charge in [0.1, 0.15) is 10.6 Å². The molecule has 29 heavy (non-hydrogen) atoms. The Balaban J connectivity index is 2.14. The standard InChI is InChI=1S/C21H25NO6S/c1-15(2)27-21(24)13-18(14-22-16(3)23)17-9-11-19(12-10-17)28-29(25,26)20-7-5-4-6-8-20/h4-12,15,18H,13-14H2,1-3H3,(H,22,23). The number of ether oxygens (including phenoxy) is 1. The van der Waals surface area contributed by atoms with Crippen LogP contribution in [0, 0.1) is 0 Å². The summed E-state index contributed by atoms with van der Waals surface area (Å²) in [6.45, 7) is 5.18. The lowest BCUT2D eigenvalue weighted by Gasteiger charge is -2.18. The average molecular weight is 419 g/mol. The third-order valence-electron chi connectivity index (χ3n) is 3.97. The summed E-state index contributed by atoms with van der Waals surface area (Å²) in [6, 6.07) is 14.2. The first-order valence-electron chi connectivity index (χ1n) is 9.21. The van der Waals surface area contributed by atoms with Crippen LogP contribution < -0.4 is 9.50 Å². The fourth-order valence-electron chi connectivity index (χ4n) is 2.64. The van der Waals surface area contributed by atoms with Crippen molar-refractivity contribution in [3.63, 3.8) is 0 Å². The lowest BCUT2D eigenvalue weighted by Crippen LogP contribution is -2.28. The fraction of sp³-hybridized carbons (Fsp3) is 0.333. The molecule has 8 heteroatoms. The van der Waals surface area contributed by atoms with Crippen LogP contribution >= 0.6 is 0 Å². The van der Waals surface area contributed by atoms with Crippen LogP contribution in [0.1, 0.15) is 38.7 Å². The van der Waals surface area contributed by atoms with Crippen molar-refractivity contribution in [1.82, 2.24) is 5.32 Å². The van der Waals surface area contributed by atoms with Gasteiger partial charge in [-0.25, -0.2) is 0 Å². The quantitative estimate of drug-likeness (QED) is 0.496. The van der Waals surface area contributed by atoms with Crippen molar-refractivity contribution in [2.24, 2.45) is 0 Å². The molecular formula is C21H25NO6S. The van der Waals surface area contributed by atoms with Gasteiger partial charge in [-0.15, -0.1) is 0 Å². The smallest absolute Gasteiger partial charge is 0.339 e. The van der Waals surface area contributed by atoms with Crippen molar-refractivity contribution in [3.8, 4) is 5.75 Å². The Morgan fingerprint density at radius 2 is 1.62 bits per heavy atom. The zero-order chi connectivity index (χ0) is 21.4. The van der Waals surface area contributed by atoms with E-state index in [1.54, 1.807) is 44.2 Å². The maximum Gasteiger partial charge on any atom is 0.339 e. The van der Waals surface area contributed by atoms with Gasteiger partial charge in [0.05, 0.1) is 12.5 Å². The minimum atomic E-state index is -3.93. The Kier molecular flexibility index (Phi) is 7.78. The molecule has 1 unspecified atom stereocenters. The minimum Gasteiger partial charge on any atom is -0.463 e. The molecule has 2 aromatic rings. The zero-order valence-corrected chi connectivity index (χ0v) is 17.4. The summed E-state index contributed by atoms with van der Waals surface area (Å²) in [7, 11) is -3.93. The molecule has 0 aliphatic rings. The zero-order valence-electron chi connectivity index (χ0n) is 16.6. The molecule has 156 valence electrons. The van der Waals surface area contributed by atoms with E-state index in [0.717, 1.165) is 5.56 Å². The van der Waals surface area contributed by atoms with Crippen LogP contribution in [0.4, 0.5) is 0 Å². The first-order valence-corrected chi connectivity index (χ1v) is 10.6. The number of nitrogens with one attached hydrogen (secondary N) is 1. The molecule has 0 bridgehead atoms. The van der Waals surface area contributed by atoms with E-state index in [-0.39, 0.29) is 47.5 Å². The first kappa shape index (κ1) is 22.4. The van der Waals surface area contributed by atoms with E-state index in [2.05, 4.69) is 5.32 Å². The number of amides is 1. The molecule has 0 aromatic heterocycles. The second-order valence-electron chi connectivity index (χ2n) is 6.80. The van der Waals surface area contributed by atoms with Gasteiger partial charge < -0.3 is 14.2 Å². The van der Waals surface area contributed by atoms with E-state index in [0.29, 0.717) is 0 Å². The fourth-order valence-corrected chi connectivity index (χ4v) is 3.60. The molecule has 1 N–H and O–H groups in total. The van der Waals surface area contributed by atoms with Crippen LogP contribution in [0.5, 0.6) is 5.75 Å². The minimum absolute atomic E-state index is 0.0593. The lowest BCUT2D eigenvalue weighted by molar-refractivity contribution is -0.148. The Bertz CT molecular complexity index is 923. The third kappa shape index (κ3) is 7.23. The molecule has 0 fully saturated rings.